The molecule has 2 rings (SSSR count). The Balaban J connectivity index is 2.37. The Morgan fingerprint density at radius 3 is 2.53 bits per heavy atom. The number of benzene rings is 1. The lowest BCUT2D eigenvalue weighted by Crippen LogP contribution is -1.96. The molecule has 0 N–H and O–H groups in total. The molecule has 3 heteroatoms. The molecule has 0 unspecified atom stereocenters. The summed E-state index contributed by atoms with van der Waals surface area (Å²) < 4.78 is 4.70. The molecule has 2 nitrogen and oxygen atoms in total. The first kappa shape index (κ1) is 11.9. The van der Waals surface area contributed by atoms with Crippen molar-refractivity contribution in [1.29, 1.82) is 0 Å². The molecule has 1 aromatic heterocycles. The number of ether oxygens (including phenoxy) is 1. The summed E-state index contributed by atoms with van der Waals surface area (Å²) in [7, 11) is 1.40. The number of aryl methyl sites for hydroxylation is 2. The average molecular weight is 246 g/mol. The van der Waals surface area contributed by atoms with Gasteiger partial charge < -0.3 is 4.74 Å². The molecule has 0 aliphatic carbocycles. The van der Waals surface area contributed by atoms with Gasteiger partial charge in [0.15, 0.2) is 0 Å². The van der Waals surface area contributed by atoms with Crippen LogP contribution in [0.1, 0.15) is 20.8 Å². The molecule has 0 spiro atoms. The lowest BCUT2D eigenvalue weighted by Gasteiger charge is -2.02. The first-order valence-corrected chi connectivity index (χ1v) is 6.19. The minimum absolute atomic E-state index is 0.273. The summed E-state index contributed by atoms with van der Waals surface area (Å²) in [5, 5.41) is 0. The molecule has 0 bridgehead atoms. The summed E-state index contributed by atoms with van der Waals surface area (Å²) in [6, 6.07) is 10.1. The Kier molecular flexibility index (Phi) is 3.29. The molecule has 1 heterocycles. The minimum atomic E-state index is -0.273. The molecule has 0 aliphatic rings. The second kappa shape index (κ2) is 4.72. The highest BCUT2D eigenvalue weighted by atomic mass is 32.1. The van der Waals surface area contributed by atoms with Gasteiger partial charge >= 0.3 is 5.97 Å². The predicted octanol–water partition coefficient (Wildman–Crippen LogP) is 3.82. The number of hydrogen-bond acceptors (Lipinski definition) is 3. The second-order valence-electron chi connectivity index (χ2n) is 3.95. The smallest absolute Gasteiger partial charge is 0.348 e. The maximum Gasteiger partial charge on any atom is 0.348 e. The zero-order valence-corrected chi connectivity index (χ0v) is 10.9. The van der Waals surface area contributed by atoms with E-state index in [0.717, 1.165) is 10.4 Å². The van der Waals surface area contributed by atoms with Gasteiger partial charge in [-0.2, -0.15) is 0 Å². The fraction of sp³-hybridized carbons (Fsp3) is 0.214. The van der Waals surface area contributed by atoms with E-state index in [9.17, 15) is 4.79 Å². The Hall–Kier alpha value is -1.61. The van der Waals surface area contributed by atoms with Crippen LogP contribution in [0.5, 0.6) is 0 Å². The van der Waals surface area contributed by atoms with Crippen LogP contribution in [0.25, 0.3) is 10.4 Å². The van der Waals surface area contributed by atoms with Crippen molar-refractivity contribution >= 4 is 17.3 Å². The number of methoxy groups -OCH3 is 1. The Bertz CT molecular complexity index is 555. The molecule has 0 aliphatic heterocycles. The van der Waals surface area contributed by atoms with Crippen LogP contribution < -0.4 is 0 Å². The zero-order chi connectivity index (χ0) is 12.4. The monoisotopic (exact) mass is 246 g/mol. The standard InChI is InChI=1S/C14H14O2S/c1-9-4-5-11(8-10(9)2)12-6-7-13(17-12)14(15)16-3/h4-8H,1-3H3. The predicted molar refractivity (Wildman–Crippen MR) is 70.6 cm³/mol. The van der Waals surface area contributed by atoms with Gasteiger partial charge in [0.05, 0.1) is 7.11 Å². The van der Waals surface area contributed by atoms with Crippen molar-refractivity contribution in [3.63, 3.8) is 0 Å². The van der Waals surface area contributed by atoms with Crippen LogP contribution >= 0.6 is 11.3 Å². The summed E-state index contributed by atoms with van der Waals surface area (Å²) in [6.07, 6.45) is 0. The van der Waals surface area contributed by atoms with Crippen LogP contribution in [0.2, 0.25) is 0 Å². The molecule has 2 aromatic rings. The normalized spacial score (nSPS) is 10.3. The third kappa shape index (κ3) is 2.39. The van der Waals surface area contributed by atoms with E-state index in [1.165, 1.54) is 29.6 Å². The maximum absolute atomic E-state index is 11.4. The largest absolute Gasteiger partial charge is 0.465 e. The van der Waals surface area contributed by atoms with E-state index in [1.54, 1.807) is 6.07 Å². The van der Waals surface area contributed by atoms with E-state index in [1.807, 2.05) is 6.07 Å². The van der Waals surface area contributed by atoms with Crippen LogP contribution in [-0.4, -0.2) is 13.1 Å². The lowest BCUT2D eigenvalue weighted by molar-refractivity contribution is 0.0606. The molecule has 0 radical (unpaired) electrons. The summed E-state index contributed by atoms with van der Waals surface area (Å²) in [5.41, 5.74) is 3.68. The molecule has 17 heavy (non-hydrogen) atoms. The van der Waals surface area contributed by atoms with E-state index < -0.39 is 0 Å². The summed E-state index contributed by atoms with van der Waals surface area (Å²) >= 11 is 1.46. The molecule has 0 amide bonds. The van der Waals surface area contributed by atoms with E-state index >= 15 is 0 Å². The fourth-order valence-electron chi connectivity index (χ4n) is 1.60. The second-order valence-corrected chi connectivity index (χ2v) is 5.04. The lowest BCUT2D eigenvalue weighted by atomic mass is 10.1. The van der Waals surface area contributed by atoms with Crippen molar-refractivity contribution in [3.8, 4) is 10.4 Å². The molecule has 0 atom stereocenters. The Morgan fingerprint density at radius 2 is 1.88 bits per heavy atom. The van der Waals surface area contributed by atoms with Crippen molar-refractivity contribution in [1.82, 2.24) is 0 Å². The molecule has 1 aromatic carbocycles. The first-order chi connectivity index (χ1) is 8.11. The van der Waals surface area contributed by atoms with Crippen LogP contribution in [0.4, 0.5) is 0 Å². The van der Waals surface area contributed by atoms with Gasteiger partial charge in [-0.1, -0.05) is 18.2 Å². The number of esters is 1. The number of hydrogen-bond donors (Lipinski definition) is 0. The first-order valence-electron chi connectivity index (χ1n) is 5.37. The topological polar surface area (TPSA) is 26.3 Å². The SMILES string of the molecule is COC(=O)c1ccc(-c2ccc(C)c(C)c2)s1. The van der Waals surface area contributed by atoms with Crippen molar-refractivity contribution in [2.24, 2.45) is 0 Å². The Morgan fingerprint density at radius 1 is 1.12 bits per heavy atom. The van der Waals surface area contributed by atoms with Gasteiger partial charge in [-0.3, -0.25) is 0 Å². The number of rotatable bonds is 2. The number of thiophene rings is 1. The van der Waals surface area contributed by atoms with E-state index in [2.05, 4.69) is 32.0 Å². The molecule has 88 valence electrons. The van der Waals surface area contributed by atoms with Crippen LogP contribution in [-0.2, 0) is 4.74 Å². The van der Waals surface area contributed by atoms with Gasteiger partial charge in [0.2, 0.25) is 0 Å². The van der Waals surface area contributed by atoms with Crippen molar-refractivity contribution < 1.29 is 9.53 Å². The summed E-state index contributed by atoms with van der Waals surface area (Å²) in [4.78, 5) is 13.1. The minimum Gasteiger partial charge on any atom is -0.465 e. The van der Waals surface area contributed by atoms with Gasteiger partial charge in [0.25, 0.3) is 0 Å². The molecule has 0 saturated heterocycles. The van der Waals surface area contributed by atoms with Gasteiger partial charge in [-0.05, 0) is 42.7 Å². The van der Waals surface area contributed by atoms with E-state index in [4.69, 9.17) is 4.74 Å². The van der Waals surface area contributed by atoms with Gasteiger partial charge in [-0.15, -0.1) is 11.3 Å². The van der Waals surface area contributed by atoms with Crippen LogP contribution in [0.3, 0.4) is 0 Å². The Labute approximate surface area is 105 Å². The third-order valence-corrected chi connectivity index (χ3v) is 3.90. The van der Waals surface area contributed by atoms with Gasteiger partial charge in [0, 0.05) is 4.88 Å². The van der Waals surface area contributed by atoms with Crippen molar-refractivity contribution in [2.45, 2.75) is 13.8 Å². The van der Waals surface area contributed by atoms with E-state index in [-0.39, 0.29) is 5.97 Å². The highest BCUT2D eigenvalue weighted by molar-refractivity contribution is 7.17. The van der Waals surface area contributed by atoms with Gasteiger partial charge in [-0.25, -0.2) is 4.79 Å². The summed E-state index contributed by atoms with van der Waals surface area (Å²) in [5.74, 6) is -0.273. The maximum atomic E-state index is 11.4. The highest BCUT2D eigenvalue weighted by Gasteiger charge is 2.10. The van der Waals surface area contributed by atoms with Crippen molar-refractivity contribution in [3.05, 3.63) is 46.3 Å². The molecule has 0 saturated carbocycles. The van der Waals surface area contributed by atoms with Crippen LogP contribution in [0.15, 0.2) is 30.3 Å². The van der Waals surface area contributed by atoms with Gasteiger partial charge in [0.1, 0.15) is 4.88 Å². The highest BCUT2D eigenvalue weighted by Crippen LogP contribution is 2.29. The van der Waals surface area contributed by atoms with Crippen LogP contribution in [0, 0.1) is 13.8 Å². The molecule has 0 fully saturated rings. The number of carbonyl (C=O) groups excluding carboxylic acids is 1. The summed E-state index contributed by atoms with van der Waals surface area (Å²) in [6.45, 7) is 4.18. The quantitative estimate of drug-likeness (QED) is 0.753. The molecular weight excluding hydrogens is 232 g/mol. The van der Waals surface area contributed by atoms with E-state index in [0.29, 0.717) is 4.88 Å². The third-order valence-electron chi connectivity index (χ3n) is 2.78. The average Bonchev–Trinajstić information content (AvgIpc) is 2.81. The number of carbonyl (C=O) groups is 1. The zero-order valence-electron chi connectivity index (χ0n) is 10.1. The van der Waals surface area contributed by atoms with Crippen molar-refractivity contribution in [2.75, 3.05) is 7.11 Å². The molecular formula is C14H14O2S. The fourth-order valence-corrected chi connectivity index (χ4v) is 2.52.